The van der Waals surface area contributed by atoms with Crippen LogP contribution in [0, 0.1) is 10.5 Å². The summed E-state index contributed by atoms with van der Waals surface area (Å²) in [6, 6.07) is 3.22. The number of isocyanates is 1. The van der Waals surface area contributed by atoms with Gasteiger partial charge < -0.3 is 5.11 Å². The number of aliphatic imine (C=N–C) groups is 1. The minimum Gasteiger partial charge on any atom is -0.478 e. The monoisotopic (exact) mass is 303 g/mol. The Labute approximate surface area is 93.8 Å². The Kier molecular flexibility index (Phi) is 3.38. The number of hydrogen-bond acceptors (Lipinski definition) is 3. The molecule has 0 saturated carbocycles. The number of carboxylic acid groups (broad SMARTS) is 1. The number of benzene rings is 1. The first-order chi connectivity index (χ1) is 6.56. The fourth-order valence-corrected chi connectivity index (χ4v) is 1.87. The first-order valence-electron chi connectivity index (χ1n) is 3.67. The van der Waals surface area contributed by atoms with Gasteiger partial charge in [-0.05, 0) is 47.2 Å². The lowest BCUT2D eigenvalue weighted by atomic mass is 10.1. The molecule has 1 aromatic carbocycles. The van der Waals surface area contributed by atoms with E-state index in [0.29, 0.717) is 5.56 Å². The van der Waals surface area contributed by atoms with E-state index >= 15 is 0 Å². The van der Waals surface area contributed by atoms with Crippen LogP contribution in [0.4, 0.5) is 5.69 Å². The lowest BCUT2D eigenvalue weighted by Crippen LogP contribution is -1.98. The van der Waals surface area contributed by atoms with Gasteiger partial charge in [-0.25, -0.2) is 9.59 Å². The Hall–Kier alpha value is -1.20. The zero-order valence-corrected chi connectivity index (χ0v) is 9.40. The Bertz CT molecular complexity index is 436. The molecule has 0 aromatic heterocycles. The van der Waals surface area contributed by atoms with Gasteiger partial charge in [-0.1, -0.05) is 0 Å². The molecule has 0 amide bonds. The third-order valence-electron chi connectivity index (χ3n) is 1.65. The quantitative estimate of drug-likeness (QED) is 0.518. The van der Waals surface area contributed by atoms with Crippen LogP contribution >= 0.6 is 22.6 Å². The number of carbonyl (C=O) groups excluding carboxylic acids is 1. The maximum absolute atomic E-state index is 10.8. The summed E-state index contributed by atoms with van der Waals surface area (Å²) in [5.74, 6) is -1.10. The Morgan fingerprint density at radius 2 is 2.21 bits per heavy atom. The zero-order valence-electron chi connectivity index (χ0n) is 7.24. The SMILES string of the molecule is Cc1cc(I)cc(C(=O)O)c1N=C=O. The lowest BCUT2D eigenvalue weighted by Gasteiger charge is -2.03. The number of hydrogen-bond donors (Lipinski definition) is 1. The maximum Gasteiger partial charge on any atom is 0.337 e. The second-order valence-corrected chi connectivity index (χ2v) is 3.87. The second kappa shape index (κ2) is 4.34. The Morgan fingerprint density at radius 3 is 2.71 bits per heavy atom. The fraction of sp³-hybridized carbons (Fsp3) is 0.111. The third-order valence-corrected chi connectivity index (χ3v) is 2.28. The summed E-state index contributed by atoms with van der Waals surface area (Å²) in [6.45, 7) is 1.70. The van der Waals surface area contributed by atoms with Crippen LogP contribution in [0.2, 0.25) is 0 Å². The van der Waals surface area contributed by atoms with E-state index in [2.05, 4.69) is 4.99 Å². The number of aryl methyl sites for hydroxylation is 1. The van der Waals surface area contributed by atoms with Crippen LogP contribution in [0.15, 0.2) is 17.1 Å². The zero-order chi connectivity index (χ0) is 10.7. The number of rotatable bonds is 2. The van der Waals surface area contributed by atoms with Gasteiger partial charge in [0.2, 0.25) is 6.08 Å². The van der Waals surface area contributed by atoms with Crippen LogP contribution < -0.4 is 0 Å². The molecule has 0 bridgehead atoms. The van der Waals surface area contributed by atoms with Crippen molar-refractivity contribution in [3.8, 4) is 0 Å². The minimum atomic E-state index is -1.10. The number of aromatic carboxylic acids is 1. The molecule has 0 aliphatic heterocycles. The van der Waals surface area contributed by atoms with E-state index in [1.54, 1.807) is 13.0 Å². The van der Waals surface area contributed by atoms with Crippen LogP contribution in [0.1, 0.15) is 15.9 Å². The predicted molar refractivity (Wildman–Crippen MR) is 58.6 cm³/mol. The van der Waals surface area contributed by atoms with Gasteiger partial charge in [-0.2, -0.15) is 4.99 Å². The molecule has 0 unspecified atom stereocenters. The molecular formula is C9H6INO3. The molecule has 5 heteroatoms. The van der Waals surface area contributed by atoms with Gasteiger partial charge in [0.1, 0.15) is 0 Å². The highest BCUT2D eigenvalue weighted by Gasteiger charge is 2.12. The molecule has 4 nitrogen and oxygen atoms in total. The van der Waals surface area contributed by atoms with Crippen molar-refractivity contribution >= 4 is 40.3 Å². The molecule has 72 valence electrons. The number of carboxylic acids is 1. The van der Waals surface area contributed by atoms with Gasteiger partial charge in [-0.3, -0.25) is 0 Å². The van der Waals surface area contributed by atoms with Crippen LogP contribution in [-0.2, 0) is 4.79 Å². The fourth-order valence-electron chi connectivity index (χ4n) is 1.09. The van der Waals surface area contributed by atoms with Gasteiger partial charge in [0.25, 0.3) is 0 Å². The Morgan fingerprint density at radius 1 is 1.57 bits per heavy atom. The van der Waals surface area contributed by atoms with Crippen molar-refractivity contribution in [3.63, 3.8) is 0 Å². The molecule has 14 heavy (non-hydrogen) atoms. The van der Waals surface area contributed by atoms with Gasteiger partial charge in [-0.15, -0.1) is 0 Å². The standard InChI is InChI=1S/C9H6INO3/c1-5-2-6(10)3-7(9(13)14)8(5)11-4-12/h2-3H,1H3,(H,13,14). The average molecular weight is 303 g/mol. The first kappa shape index (κ1) is 10.9. The highest BCUT2D eigenvalue weighted by atomic mass is 127. The van der Waals surface area contributed by atoms with E-state index < -0.39 is 5.97 Å². The van der Waals surface area contributed by atoms with Crippen LogP contribution in [0.25, 0.3) is 0 Å². The van der Waals surface area contributed by atoms with Gasteiger partial charge in [0.05, 0.1) is 11.3 Å². The normalized spacial score (nSPS) is 9.29. The van der Waals surface area contributed by atoms with Crippen molar-refractivity contribution in [2.45, 2.75) is 6.92 Å². The first-order valence-corrected chi connectivity index (χ1v) is 4.75. The summed E-state index contributed by atoms with van der Waals surface area (Å²) < 4.78 is 0.794. The van der Waals surface area contributed by atoms with E-state index in [1.807, 2.05) is 22.6 Å². The molecule has 0 atom stereocenters. The maximum atomic E-state index is 10.8. The summed E-state index contributed by atoms with van der Waals surface area (Å²) in [4.78, 5) is 24.3. The van der Waals surface area contributed by atoms with Crippen LogP contribution in [0.5, 0.6) is 0 Å². The summed E-state index contributed by atoms with van der Waals surface area (Å²) in [6.07, 6.45) is 1.35. The molecule has 0 aliphatic rings. The summed E-state index contributed by atoms with van der Waals surface area (Å²) in [5, 5.41) is 8.85. The summed E-state index contributed by atoms with van der Waals surface area (Å²) in [5.41, 5.74) is 0.850. The highest BCUT2D eigenvalue weighted by Crippen LogP contribution is 2.26. The number of carbonyl (C=O) groups is 1. The van der Waals surface area contributed by atoms with Crippen molar-refractivity contribution in [2.24, 2.45) is 4.99 Å². The summed E-state index contributed by atoms with van der Waals surface area (Å²) in [7, 11) is 0. The van der Waals surface area contributed by atoms with E-state index in [-0.39, 0.29) is 11.3 Å². The average Bonchev–Trinajstić information content (AvgIpc) is 2.09. The largest absolute Gasteiger partial charge is 0.478 e. The topological polar surface area (TPSA) is 66.7 Å². The molecule has 0 fully saturated rings. The van der Waals surface area contributed by atoms with Crippen LogP contribution in [0.3, 0.4) is 0 Å². The van der Waals surface area contributed by atoms with Crippen molar-refractivity contribution < 1.29 is 14.7 Å². The predicted octanol–water partition coefficient (Wildman–Crippen LogP) is 2.27. The molecule has 1 N–H and O–H groups in total. The van der Waals surface area contributed by atoms with Gasteiger partial charge >= 0.3 is 5.97 Å². The molecule has 0 saturated heterocycles. The van der Waals surface area contributed by atoms with E-state index in [1.165, 1.54) is 12.1 Å². The van der Waals surface area contributed by atoms with E-state index in [9.17, 15) is 9.59 Å². The second-order valence-electron chi connectivity index (χ2n) is 2.63. The van der Waals surface area contributed by atoms with Crippen molar-refractivity contribution in [1.82, 2.24) is 0 Å². The van der Waals surface area contributed by atoms with E-state index in [4.69, 9.17) is 5.11 Å². The number of nitrogens with zero attached hydrogens (tertiary/aromatic N) is 1. The molecule has 0 heterocycles. The molecular weight excluding hydrogens is 297 g/mol. The summed E-state index contributed by atoms with van der Waals surface area (Å²) >= 11 is 2.01. The number of halogens is 1. The highest BCUT2D eigenvalue weighted by molar-refractivity contribution is 14.1. The minimum absolute atomic E-state index is 0.0257. The molecule has 0 aliphatic carbocycles. The molecule has 1 aromatic rings. The third kappa shape index (κ3) is 2.18. The van der Waals surface area contributed by atoms with Crippen LogP contribution in [-0.4, -0.2) is 17.2 Å². The Balaban J connectivity index is 3.51. The molecule has 0 spiro atoms. The van der Waals surface area contributed by atoms with E-state index in [0.717, 1.165) is 3.57 Å². The smallest absolute Gasteiger partial charge is 0.337 e. The molecule has 0 radical (unpaired) electrons. The van der Waals surface area contributed by atoms with Crippen molar-refractivity contribution in [3.05, 3.63) is 26.8 Å². The molecule has 1 rings (SSSR count). The van der Waals surface area contributed by atoms with Crippen molar-refractivity contribution in [1.29, 1.82) is 0 Å². The van der Waals surface area contributed by atoms with Gasteiger partial charge in [0, 0.05) is 3.57 Å². The lowest BCUT2D eigenvalue weighted by molar-refractivity contribution is 0.0697. The van der Waals surface area contributed by atoms with Gasteiger partial charge in [0.15, 0.2) is 0 Å². The van der Waals surface area contributed by atoms with Crippen molar-refractivity contribution in [2.75, 3.05) is 0 Å².